The van der Waals surface area contributed by atoms with Crippen LogP contribution in [0.4, 0.5) is 0 Å². The zero-order valence-electron chi connectivity index (χ0n) is 12.7. The fraction of sp³-hybridized carbons (Fsp3) is 0.714. The van der Waals surface area contributed by atoms with Crippen LogP contribution in [-0.2, 0) is 19.2 Å². The van der Waals surface area contributed by atoms with E-state index in [1.807, 2.05) is 0 Å². The SMILES string of the molecule is CC(=O)N1CCC[C@H]1C(=O)N1CCC[C@H]1C(=O)NCC(N)=O. The topological polar surface area (TPSA) is 113 Å². The molecule has 0 radical (unpaired) electrons. The molecule has 2 aliphatic rings. The quantitative estimate of drug-likeness (QED) is 0.664. The van der Waals surface area contributed by atoms with Crippen molar-refractivity contribution in [2.45, 2.75) is 44.7 Å². The minimum absolute atomic E-state index is 0.121. The zero-order chi connectivity index (χ0) is 16.3. The second-order valence-electron chi connectivity index (χ2n) is 5.74. The average molecular weight is 310 g/mol. The maximum Gasteiger partial charge on any atom is 0.246 e. The molecule has 122 valence electrons. The van der Waals surface area contributed by atoms with Gasteiger partial charge in [0, 0.05) is 20.0 Å². The maximum absolute atomic E-state index is 12.7. The first-order chi connectivity index (χ1) is 10.4. The van der Waals surface area contributed by atoms with E-state index in [0.29, 0.717) is 25.9 Å². The summed E-state index contributed by atoms with van der Waals surface area (Å²) in [5, 5.41) is 2.45. The summed E-state index contributed by atoms with van der Waals surface area (Å²) < 4.78 is 0. The molecule has 0 aliphatic carbocycles. The van der Waals surface area contributed by atoms with Crippen molar-refractivity contribution in [2.24, 2.45) is 5.73 Å². The molecule has 2 heterocycles. The molecule has 2 aliphatic heterocycles. The van der Waals surface area contributed by atoms with Crippen molar-refractivity contribution in [3.63, 3.8) is 0 Å². The minimum atomic E-state index is -0.622. The lowest BCUT2D eigenvalue weighted by molar-refractivity contribution is -0.146. The summed E-state index contributed by atoms with van der Waals surface area (Å²) in [7, 11) is 0. The minimum Gasteiger partial charge on any atom is -0.368 e. The second-order valence-corrected chi connectivity index (χ2v) is 5.74. The molecule has 2 atom stereocenters. The van der Waals surface area contributed by atoms with E-state index in [4.69, 9.17) is 5.73 Å². The molecule has 0 bridgehead atoms. The molecule has 0 aromatic heterocycles. The van der Waals surface area contributed by atoms with E-state index in [1.165, 1.54) is 11.8 Å². The van der Waals surface area contributed by atoms with Crippen LogP contribution >= 0.6 is 0 Å². The fourth-order valence-corrected chi connectivity index (χ4v) is 3.19. The average Bonchev–Trinajstić information content (AvgIpc) is 3.12. The van der Waals surface area contributed by atoms with Gasteiger partial charge in [0.1, 0.15) is 12.1 Å². The Hall–Kier alpha value is -2.12. The Morgan fingerprint density at radius 2 is 1.64 bits per heavy atom. The summed E-state index contributed by atoms with van der Waals surface area (Å²) in [6.07, 6.45) is 2.71. The predicted octanol–water partition coefficient (Wildman–Crippen LogP) is -1.41. The van der Waals surface area contributed by atoms with E-state index in [1.54, 1.807) is 4.90 Å². The van der Waals surface area contributed by atoms with Crippen LogP contribution in [0.3, 0.4) is 0 Å². The summed E-state index contributed by atoms with van der Waals surface area (Å²) in [5.74, 6) is -1.28. The smallest absolute Gasteiger partial charge is 0.246 e. The Bertz CT molecular complexity index is 493. The van der Waals surface area contributed by atoms with Crippen LogP contribution in [0.1, 0.15) is 32.6 Å². The van der Waals surface area contributed by atoms with Gasteiger partial charge in [-0.05, 0) is 25.7 Å². The second kappa shape index (κ2) is 6.76. The molecular weight excluding hydrogens is 288 g/mol. The highest BCUT2D eigenvalue weighted by atomic mass is 16.2. The molecule has 8 nitrogen and oxygen atoms in total. The van der Waals surface area contributed by atoms with E-state index in [2.05, 4.69) is 5.32 Å². The molecule has 0 spiro atoms. The number of rotatable bonds is 4. The van der Waals surface area contributed by atoms with E-state index in [0.717, 1.165) is 12.8 Å². The Balaban J connectivity index is 2.03. The lowest BCUT2D eigenvalue weighted by Crippen LogP contribution is -2.53. The van der Waals surface area contributed by atoms with Crippen molar-refractivity contribution in [3.8, 4) is 0 Å². The first-order valence-corrected chi connectivity index (χ1v) is 7.55. The summed E-state index contributed by atoms with van der Waals surface area (Å²) in [4.78, 5) is 50.2. The van der Waals surface area contributed by atoms with Crippen molar-refractivity contribution in [3.05, 3.63) is 0 Å². The Morgan fingerprint density at radius 1 is 1.05 bits per heavy atom. The van der Waals surface area contributed by atoms with Crippen molar-refractivity contribution < 1.29 is 19.2 Å². The van der Waals surface area contributed by atoms with Crippen LogP contribution in [0.25, 0.3) is 0 Å². The van der Waals surface area contributed by atoms with Crippen LogP contribution in [0.2, 0.25) is 0 Å². The monoisotopic (exact) mass is 310 g/mol. The summed E-state index contributed by atoms with van der Waals surface area (Å²) in [6.45, 7) is 2.29. The zero-order valence-corrected chi connectivity index (χ0v) is 12.7. The highest BCUT2D eigenvalue weighted by molar-refractivity contribution is 5.93. The summed E-state index contributed by atoms with van der Waals surface area (Å²) in [5.41, 5.74) is 5.01. The van der Waals surface area contributed by atoms with E-state index in [-0.39, 0.29) is 24.3 Å². The number of likely N-dealkylation sites (tertiary alicyclic amines) is 2. The van der Waals surface area contributed by atoms with Gasteiger partial charge in [-0.1, -0.05) is 0 Å². The first-order valence-electron chi connectivity index (χ1n) is 7.55. The number of nitrogens with zero attached hydrogens (tertiary/aromatic N) is 2. The summed E-state index contributed by atoms with van der Waals surface area (Å²) >= 11 is 0. The van der Waals surface area contributed by atoms with E-state index >= 15 is 0 Å². The van der Waals surface area contributed by atoms with Crippen LogP contribution in [0.5, 0.6) is 0 Å². The molecule has 0 aromatic rings. The molecule has 0 unspecified atom stereocenters. The number of hydrogen-bond acceptors (Lipinski definition) is 4. The molecule has 8 heteroatoms. The number of amides is 4. The van der Waals surface area contributed by atoms with E-state index < -0.39 is 18.0 Å². The number of carbonyl (C=O) groups is 4. The van der Waals surface area contributed by atoms with Gasteiger partial charge in [0.2, 0.25) is 23.6 Å². The number of hydrogen-bond donors (Lipinski definition) is 2. The van der Waals surface area contributed by atoms with E-state index in [9.17, 15) is 19.2 Å². The fourth-order valence-electron chi connectivity index (χ4n) is 3.19. The molecular formula is C14H22N4O4. The van der Waals surface area contributed by atoms with Crippen LogP contribution in [-0.4, -0.2) is 65.1 Å². The van der Waals surface area contributed by atoms with Gasteiger partial charge in [-0.15, -0.1) is 0 Å². The van der Waals surface area contributed by atoms with Crippen LogP contribution < -0.4 is 11.1 Å². The number of nitrogens with one attached hydrogen (secondary N) is 1. The van der Waals surface area contributed by atoms with Crippen LogP contribution in [0, 0.1) is 0 Å². The van der Waals surface area contributed by atoms with Crippen molar-refractivity contribution in [2.75, 3.05) is 19.6 Å². The normalized spacial score (nSPS) is 24.4. The van der Waals surface area contributed by atoms with Gasteiger partial charge in [-0.25, -0.2) is 0 Å². The highest BCUT2D eigenvalue weighted by Gasteiger charge is 2.41. The van der Waals surface area contributed by atoms with Crippen molar-refractivity contribution in [1.29, 1.82) is 0 Å². The Labute approximate surface area is 129 Å². The van der Waals surface area contributed by atoms with Crippen molar-refractivity contribution >= 4 is 23.6 Å². The number of nitrogens with two attached hydrogens (primary N) is 1. The van der Waals surface area contributed by atoms with Gasteiger partial charge >= 0.3 is 0 Å². The molecule has 0 saturated carbocycles. The van der Waals surface area contributed by atoms with Gasteiger partial charge in [0.15, 0.2) is 0 Å². The Kier molecular flexibility index (Phi) is 4.99. The van der Waals surface area contributed by atoms with Crippen LogP contribution in [0.15, 0.2) is 0 Å². The standard InChI is InChI=1S/C14H22N4O4/c1-9(19)17-6-3-5-11(17)14(22)18-7-2-4-10(18)13(21)16-8-12(15)20/h10-11H,2-8H2,1H3,(H2,15,20)(H,16,21)/t10-,11-/m0/s1. The van der Waals surface area contributed by atoms with Gasteiger partial charge in [0.05, 0.1) is 6.54 Å². The van der Waals surface area contributed by atoms with Crippen molar-refractivity contribution in [1.82, 2.24) is 15.1 Å². The lowest BCUT2D eigenvalue weighted by Gasteiger charge is -2.30. The predicted molar refractivity (Wildman–Crippen MR) is 77.3 cm³/mol. The highest BCUT2D eigenvalue weighted by Crippen LogP contribution is 2.24. The van der Waals surface area contributed by atoms with Gasteiger partial charge < -0.3 is 20.9 Å². The largest absolute Gasteiger partial charge is 0.368 e. The molecule has 0 aromatic carbocycles. The van der Waals surface area contributed by atoms with Gasteiger partial charge in [-0.3, -0.25) is 19.2 Å². The molecule has 2 saturated heterocycles. The Morgan fingerprint density at radius 3 is 2.23 bits per heavy atom. The molecule has 2 fully saturated rings. The number of carbonyl (C=O) groups excluding carboxylic acids is 4. The number of primary amides is 1. The molecule has 3 N–H and O–H groups in total. The first kappa shape index (κ1) is 16.3. The molecule has 22 heavy (non-hydrogen) atoms. The maximum atomic E-state index is 12.7. The molecule has 4 amide bonds. The third kappa shape index (κ3) is 3.37. The summed E-state index contributed by atoms with van der Waals surface area (Å²) in [6, 6.07) is -1.05. The van der Waals surface area contributed by atoms with Gasteiger partial charge in [0.25, 0.3) is 0 Å². The lowest BCUT2D eigenvalue weighted by atomic mass is 10.1. The molecule has 2 rings (SSSR count). The third-order valence-electron chi connectivity index (χ3n) is 4.22. The van der Waals surface area contributed by atoms with Gasteiger partial charge in [-0.2, -0.15) is 0 Å². The third-order valence-corrected chi connectivity index (χ3v) is 4.22.